The number of rotatable bonds is 4. The van der Waals surface area contributed by atoms with Crippen LogP contribution >= 0.6 is 35.6 Å². The van der Waals surface area contributed by atoms with Crippen LogP contribution in [0.3, 0.4) is 0 Å². The van der Waals surface area contributed by atoms with E-state index in [4.69, 9.17) is 27.9 Å². The van der Waals surface area contributed by atoms with Crippen LogP contribution < -0.4 is 10.6 Å². The fraction of sp³-hybridized carbons (Fsp3) is 0.316. The van der Waals surface area contributed by atoms with Crippen molar-refractivity contribution in [2.45, 2.75) is 6.10 Å². The van der Waals surface area contributed by atoms with Gasteiger partial charge in [-0.15, -0.1) is 12.4 Å². The van der Waals surface area contributed by atoms with Gasteiger partial charge < -0.3 is 15.4 Å². The van der Waals surface area contributed by atoms with Gasteiger partial charge in [-0.05, 0) is 29.8 Å². The van der Waals surface area contributed by atoms with Crippen LogP contribution in [-0.2, 0) is 4.74 Å². The van der Waals surface area contributed by atoms with Crippen molar-refractivity contribution in [3.63, 3.8) is 0 Å². The van der Waals surface area contributed by atoms with Crippen LogP contribution in [0.15, 0.2) is 48.5 Å². The van der Waals surface area contributed by atoms with E-state index in [1.165, 1.54) is 0 Å². The van der Waals surface area contributed by atoms with E-state index >= 15 is 0 Å². The fourth-order valence-corrected chi connectivity index (χ4v) is 3.25. The summed E-state index contributed by atoms with van der Waals surface area (Å²) in [6, 6.07) is 14.7. The molecule has 1 amide bonds. The van der Waals surface area contributed by atoms with E-state index in [2.05, 4.69) is 10.6 Å². The Hall–Kier alpha value is -1.30. The highest BCUT2D eigenvalue weighted by Gasteiger charge is 2.27. The van der Waals surface area contributed by atoms with E-state index < -0.39 is 0 Å². The Labute approximate surface area is 169 Å². The normalized spacial score (nSPS) is 19.9. The molecule has 2 atom stereocenters. The van der Waals surface area contributed by atoms with Gasteiger partial charge in [-0.1, -0.05) is 47.5 Å². The minimum absolute atomic E-state index is 0. The van der Waals surface area contributed by atoms with E-state index in [1.807, 2.05) is 30.3 Å². The first-order chi connectivity index (χ1) is 12.1. The molecule has 4 nitrogen and oxygen atoms in total. The van der Waals surface area contributed by atoms with Crippen LogP contribution in [-0.4, -0.2) is 32.1 Å². The Bertz CT molecular complexity index is 728. The molecule has 0 unspecified atom stereocenters. The number of benzene rings is 2. The Morgan fingerprint density at radius 3 is 2.65 bits per heavy atom. The molecule has 2 aromatic carbocycles. The van der Waals surface area contributed by atoms with E-state index in [0.29, 0.717) is 28.8 Å². The van der Waals surface area contributed by atoms with Gasteiger partial charge in [0.2, 0.25) is 0 Å². The second-order valence-corrected chi connectivity index (χ2v) is 6.82. The highest BCUT2D eigenvalue weighted by Crippen LogP contribution is 2.31. The molecule has 0 aromatic heterocycles. The van der Waals surface area contributed by atoms with Gasteiger partial charge in [0.1, 0.15) is 0 Å². The van der Waals surface area contributed by atoms with E-state index in [1.54, 1.807) is 18.2 Å². The lowest BCUT2D eigenvalue weighted by Crippen LogP contribution is -2.36. The minimum Gasteiger partial charge on any atom is -0.372 e. The predicted octanol–water partition coefficient (Wildman–Crippen LogP) is 4.12. The standard InChI is InChI=1S/C19H20Cl2N2O2.ClH/c20-16-7-6-14(10-17(16)21)18-15(11-22-8-9-25-18)12-23-19(24)13-4-2-1-3-5-13;/h1-7,10,15,18,22H,8-9,11-12H2,(H,23,24);1H/t15-,18-;/m0./s1. The average molecular weight is 416 g/mol. The predicted molar refractivity (Wildman–Crippen MR) is 108 cm³/mol. The second-order valence-electron chi connectivity index (χ2n) is 6.01. The highest BCUT2D eigenvalue weighted by molar-refractivity contribution is 6.42. The van der Waals surface area contributed by atoms with Crippen LogP contribution in [0.1, 0.15) is 22.0 Å². The lowest BCUT2D eigenvalue weighted by atomic mass is 9.95. The molecule has 26 heavy (non-hydrogen) atoms. The zero-order valence-corrected chi connectivity index (χ0v) is 16.4. The maximum Gasteiger partial charge on any atom is 0.251 e. The van der Waals surface area contributed by atoms with Crippen molar-refractivity contribution in [3.05, 3.63) is 69.7 Å². The molecule has 0 bridgehead atoms. The van der Waals surface area contributed by atoms with Crippen LogP contribution in [0.25, 0.3) is 0 Å². The van der Waals surface area contributed by atoms with Crippen LogP contribution in [0, 0.1) is 5.92 Å². The van der Waals surface area contributed by atoms with Crippen molar-refractivity contribution in [2.24, 2.45) is 5.92 Å². The highest BCUT2D eigenvalue weighted by atomic mass is 35.5. The molecule has 1 aliphatic heterocycles. The van der Waals surface area contributed by atoms with Crippen molar-refractivity contribution in [2.75, 3.05) is 26.2 Å². The van der Waals surface area contributed by atoms with Crippen LogP contribution in [0.4, 0.5) is 0 Å². The zero-order valence-electron chi connectivity index (χ0n) is 14.1. The summed E-state index contributed by atoms with van der Waals surface area (Å²) < 4.78 is 6.02. The number of halogens is 3. The number of hydrogen-bond acceptors (Lipinski definition) is 3. The molecule has 2 aromatic rings. The van der Waals surface area contributed by atoms with Gasteiger partial charge in [0.25, 0.3) is 5.91 Å². The first-order valence-electron chi connectivity index (χ1n) is 8.25. The van der Waals surface area contributed by atoms with Crippen LogP contribution in [0.2, 0.25) is 10.0 Å². The smallest absolute Gasteiger partial charge is 0.251 e. The van der Waals surface area contributed by atoms with Crippen molar-refractivity contribution >= 4 is 41.5 Å². The van der Waals surface area contributed by atoms with Gasteiger partial charge in [-0.3, -0.25) is 4.79 Å². The largest absolute Gasteiger partial charge is 0.372 e. The van der Waals surface area contributed by atoms with E-state index in [0.717, 1.165) is 18.7 Å². The Balaban J connectivity index is 0.00000243. The quantitative estimate of drug-likeness (QED) is 0.789. The van der Waals surface area contributed by atoms with Crippen molar-refractivity contribution in [3.8, 4) is 0 Å². The Kier molecular flexibility index (Phi) is 8.19. The molecule has 2 N–H and O–H groups in total. The molecule has 0 saturated carbocycles. The summed E-state index contributed by atoms with van der Waals surface area (Å²) in [6.07, 6.45) is -0.152. The van der Waals surface area contributed by atoms with Crippen molar-refractivity contribution in [1.29, 1.82) is 0 Å². The maximum atomic E-state index is 12.3. The lowest BCUT2D eigenvalue weighted by molar-refractivity contribution is 0.0306. The van der Waals surface area contributed by atoms with Gasteiger partial charge in [0, 0.05) is 31.1 Å². The van der Waals surface area contributed by atoms with Crippen LogP contribution in [0.5, 0.6) is 0 Å². The molecule has 0 spiro atoms. The summed E-state index contributed by atoms with van der Waals surface area (Å²) in [5.41, 5.74) is 1.62. The van der Waals surface area contributed by atoms with Crippen molar-refractivity contribution < 1.29 is 9.53 Å². The number of carbonyl (C=O) groups excluding carboxylic acids is 1. The summed E-state index contributed by atoms with van der Waals surface area (Å²) in [5.74, 6) is 0.00476. The molecule has 3 rings (SSSR count). The summed E-state index contributed by atoms with van der Waals surface area (Å²) in [6.45, 7) is 2.64. The number of hydrogen-bond donors (Lipinski definition) is 2. The second kappa shape index (κ2) is 10.1. The third-order valence-corrected chi connectivity index (χ3v) is 4.98. The van der Waals surface area contributed by atoms with E-state index in [-0.39, 0.29) is 30.3 Å². The summed E-state index contributed by atoms with van der Waals surface area (Å²) in [7, 11) is 0. The molecule has 0 aliphatic carbocycles. The summed E-state index contributed by atoms with van der Waals surface area (Å²) in [4.78, 5) is 12.3. The fourth-order valence-electron chi connectivity index (χ4n) is 2.94. The lowest BCUT2D eigenvalue weighted by Gasteiger charge is -2.25. The van der Waals surface area contributed by atoms with Gasteiger partial charge in [0.15, 0.2) is 0 Å². The van der Waals surface area contributed by atoms with Gasteiger partial charge in [-0.25, -0.2) is 0 Å². The Morgan fingerprint density at radius 2 is 1.92 bits per heavy atom. The molecule has 7 heteroatoms. The average Bonchev–Trinajstić information content (AvgIpc) is 2.88. The zero-order chi connectivity index (χ0) is 17.6. The SMILES string of the molecule is Cl.O=C(NC[C@@H]1CNCCO[C@H]1c1ccc(Cl)c(Cl)c1)c1ccccc1. The minimum atomic E-state index is -0.152. The maximum absolute atomic E-state index is 12.3. The molecule has 1 aliphatic rings. The van der Waals surface area contributed by atoms with Gasteiger partial charge >= 0.3 is 0 Å². The third kappa shape index (κ3) is 5.35. The Morgan fingerprint density at radius 1 is 1.15 bits per heavy atom. The van der Waals surface area contributed by atoms with Gasteiger partial charge in [-0.2, -0.15) is 0 Å². The van der Waals surface area contributed by atoms with E-state index in [9.17, 15) is 4.79 Å². The molecular weight excluding hydrogens is 395 g/mol. The number of nitrogens with one attached hydrogen (secondary N) is 2. The first-order valence-corrected chi connectivity index (χ1v) is 9.01. The van der Waals surface area contributed by atoms with Crippen molar-refractivity contribution in [1.82, 2.24) is 10.6 Å². The molecule has 1 saturated heterocycles. The number of carbonyl (C=O) groups is 1. The molecule has 1 heterocycles. The molecule has 1 fully saturated rings. The topological polar surface area (TPSA) is 50.4 Å². The molecule has 140 valence electrons. The molecular formula is C19H21Cl3N2O2. The first kappa shape index (κ1) is 21.0. The number of ether oxygens (including phenoxy) is 1. The monoisotopic (exact) mass is 414 g/mol. The summed E-state index contributed by atoms with van der Waals surface area (Å²) in [5, 5.41) is 7.38. The summed E-state index contributed by atoms with van der Waals surface area (Å²) >= 11 is 12.2. The van der Waals surface area contributed by atoms with Gasteiger partial charge in [0.05, 0.1) is 22.8 Å². The number of amides is 1. The third-order valence-electron chi connectivity index (χ3n) is 4.24. The molecule has 0 radical (unpaired) electrons.